The molecule has 0 aromatic carbocycles. The van der Waals surface area contributed by atoms with E-state index in [9.17, 15) is 5.11 Å². The summed E-state index contributed by atoms with van der Waals surface area (Å²) in [5, 5.41) is 10.9. The second-order valence-corrected chi connectivity index (χ2v) is 7.96. The van der Waals surface area contributed by atoms with E-state index in [-0.39, 0.29) is 11.5 Å². The molecule has 0 unspecified atom stereocenters. The van der Waals surface area contributed by atoms with Crippen LogP contribution in [0.1, 0.15) is 85.5 Å². The van der Waals surface area contributed by atoms with Crippen LogP contribution < -0.4 is 0 Å². The van der Waals surface area contributed by atoms with Gasteiger partial charge in [-0.3, -0.25) is 0 Å². The summed E-state index contributed by atoms with van der Waals surface area (Å²) in [6.45, 7) is 12.7. The minimum atomic E-state index is -0.236. The van der Waals surface area contributed by atoms with Crippen LogP contribution in [0.4, 0.5) is 0 Å². The fourth-order valence-electron chi connectivity index (χ4n) is 3.68. The molecule has 0 bridgehead atoms. The number of aliphatic hydroxyl groups excluding tert-OH is 1. The standard InChI is InChI=1S/C22H38O/c1-6-22(5,21(23)20-15-8-7-9-16-20)17-11-14-19(4)13-10-12-18(2)3/h6,12,14,20-21,23H,1,7-11,13,15-17H2,2-5H3/b19-14+/t21-,22-/m1/s1. The molecule has 1 rings (SSSR count). The summed E-state index contributed by atoms with van der Waals surface area (Å²) < 4.78 is 0. The van der Waals surface area contributed by atoms with Crippen molar-refractivity contribution in [1.29, 1.82) is 0 Å². The van der Waals surface area contributed by atoms with E-state index in [1.165, 1.54) is 43.3 Å². The van der Waals surface area contributed by atoms with Gasteiger partial charge >= 0.3 is 0 Å². The van der Waals surface area contributed by atoms with E-state index in [0.717, 1.165) is 25.7 Å². The highest BCUT2D eigenvalue weighted by Gasteiger charge is 2.35. The molecule has 0 aliphatic heterocycles. The summed E-state index contributed by atoms with van der Waals surface area (Å²) in [5.74, 6) is 0.467. The van der Waals surface area contributed by atoms with Gasteiger partial charge in [0.25, 0.3) is 0 Å². The molecule has 1 aliphatic carbocycles. The number of hydrogen-bond acceptors (Lipinski definition) is 1. The van der Waals surface area contributed by atoms with Crippen molar-refractivity contribution in [2.45, 2.75) is 91.6 Å². The van der Waals surface area contributed by atoms with Gasteiger partial charge in [-0.1, -0.05) is 55.6 Å². The predicted molar refractivity (Wildman–Crippen MR) is 103 cm³/mol. The third-order valence-corrected chi connectivity index (χ3v) is 5.51. The fourth-order valence-corrected chi connectivity index (χ4v) is 3.68. The lowest BCUT2D eigenvalue weighted by Crippen LogP contribution is -2.37. The van der Waals surface area contributed by atoms with Crippen LogP contribution in [-0.4, -0.2) is 11.2 Å². The molecule has 0 saturated heterocycles. The maximum atomic E-state index is 10.9. The SMILES string of the molecule is C=C[C@](C)(CC/C=C(\C)CCC=C(C)C)[C@H](O)C1CCCCC1. The van der Waals surface area contributed by atoms with E-state index in [1.807, 2.05) is 6.08 Å². The topological polar surface area (TPSA) is 20.2 Å². The van der Waals surface area contributed by atoms with E-state index in [4.69, 9.17) is 0 Å². The van der Waals surface area contributed by atoms with E-state index < -0.39 is 0 Å². The summed E-state index contributed by atoms with van der Waals surface area (Å²) >= 11 is 0. The Morgan fingerprint density at radius 1 is 1.13 bits per heavy atom. The summed E-state index contributed by atoms with van der Waals surface area (Å²) in [4.78, 5) is 0. The van der Waals surface area contributed by atoms with E-state index >= 15 is 0 Å². The number of rotatable bonds is 9. The van der Waals surface area contributed by atoms with Crippen LogP contribution >= 0.6 is 0 Å². The van der Waals surface area contributed by atoms with Gasteiger partial charge in [0.2, 0.25) is 0 Å². The molecule has 2 atom stereocenters. The third-order valence-electron chi connectivity index (χ3n) is 5.51. The van der Waals surface area contributed by atoms with Crippen molar-refractivity contribution in [3.05, 3.63) is 36.0 Å². The normalized spacial score (nSPS) is 20.7. The molecule has 0 heterocycles. The largest absolute Gasteiger partial charge is 0.392 e. The molecule has 1 N–H and O–H groups in total. The van der Waals surface area contributed by atoms with Crippen LogP contribution in [0.25, 0.3) is 0 Å². The average molecular weight is 319 g/mol. The van der Waals surface area contributed by atoms with Crippen molar-refractivity contribution in [3.8, 4) is 0 Å². The zero-order valence-corrected chi connectivity index (χ0v) is 15.9. The lowest BCUT2D eigenvalue weighted by molar-refractivity contribution is 0.000237. The molecule has 0 amide bonds. The Kier molecular flexibility index (Phi) is 8.91. The maximum absolute atomic E-state index is 10.9. The molecule has 1 fully saturated rings. The van der Waals surface area contributed by atoms with Gasteiger partial charge in [-0.15, -0.1) is 6.58 Å². The van der Waals surface area contributed by atoms with Crippen molar-refractivity contribution in [2.24, 2.45) is 11.3 Å². The molecule has 23 heavy (non-hydrogen) atoms. The Morgan fingerprint density at radius 2 is 1.78 bits per heavy atom. The highest BCUT2D eigenvalue weighted by atomic mass is 16.3. The second-order valence-electron chi connectivity index (χ2n) is 7.96. The molecule has 0 radical (unpaired) electrons. The van der Waals surface area contributed by atoms with Crippen molar-refractivity contribution in [1.82, 2.24) is 0 Å². The quantitative estimate of drug-likeness (QED) is 0.475. The summed E-state index contributed by atoms with van der Waals surface area (Å²) in [6, 6.07) is 0. The lowest BCUT2D eigenvalue weighted by Gasteiger charge is -2.38. The van der Waals surface area contributed by atoms with Crippen LogP contribution in [0.15, 0.2) is 36.0 Å². The molecule has 1 aliphatic rings. The summed E-state index contributed by atoms with van der Waals surface area (Å²) in [6.07, 6.45) is 17.0. The molecule has 0 aromatic heterocycles. The lowest BCUT2D eigenvalue weighted by atomic mass is 9.70. The van der Waals surface area contributed by atoms with Gasteiger partial charge in [-0.25, -0.2) is 0 Å². The Bertz CT molecular complexity index is 408. The first-order chi connectivity index (χ1) is 10.9. The number of hydrogen-bond donors (Lipinski definition) is 1. The van der Waals surface area contributed by atoms with Gasteiger partial charge < -0.3 is 5.11 Å². The summed E-state index contributed by atoms with van der Waals surface area (Å²) in [7, 11) is 0. The van der Waals surface area contributed by atoms with E-state index in [1.54, 1.807) is 0 Å². The van der Waals surface area contributed by atoms with Crippen molar-refractivity contribution in [2.75, 3.05) is 0 Å². The minimum absolute atomic E-state index is 0.154. The Hall–Kier alpha value is -0.820. The molecular formula is C22H38O. The van der Waals surface area contributed by atoms with E-state index in [2.05, 4.69) is 46.4 Å². The molecule has 0 spiro atoms. The van der Waals surface area contributed by atoms with Gasteiger partial charge in [-0.05, 0) is 65.2 Å². The van der Waals surface area contributed by atoms with Crippen LogP contribution in [0.5, 0.6) is 0 Å². The monoisotopic (exact) mass is 318 g/mol. The molecule has 132 valence electrons. The smallest absolute Gasteiger partial charge is 0.0656 e. The first kappa shape index (κ1) is 20.2. The van der Waals surface area contributed by atoms with Gasteiger partial charge in [-0.2, -0.15) is 0 Å². The van der Waals surface area contributed by atoms with Crippen molar-refractivity contribution < 1.29 is 5.11 Å². The van der Waals surface area contributed by atoms with Crippen molar-refractivity contribution >= 4 is 0 Å². The second kappa shape index (κ2) is 10.1. The highest BCUT2D eigenvalue weighted by molar-refractivity contribution is 5.05. The Morgan fingerprint density at radius 3 is 2.35 bits per heavy atom. The van der Waals surface area contributed by atoms with Crippen LogP contribution in [0.2, 0.25) is 0 Å². The minimum Gasteiger partial charge on any atom is -0.392 e. The molecule has 1 heteroatoms. The molecule has 0 aromatic rings. The van der Waals surface area contributed by atoms with Gasteiger partial charge in [0.1, 0.15) is 0 Å². The number of allylic oxidation sites excluding steroid dienone is 4. The predicted octanol–water partition coefficient (Wildman–Crippen LogP) is 6.59. The van der Waals surface area contributed by atoms with E-state index in [0.29, 0.717) is 5.92 Å². The molecular weight excluding hydrogens is 280 g/mol. The molecule has 1 nitrogen and oxygen atoms in total. The summed E-state index contributed by atoms with van der Waals surface area (Å²) in [5.41, 5.74) is 2.70. The Balaban J connectivity index is 2.50. The Labute approximate surface area is 144 Å². The highest BCUT2D eigenvalue weighted by Crippen LogP contribution is 2.39. The van der Waals surface area contributed by atoms with Gasteiger partial charge in [0.05, 0.1) is 6.10 Å². The van der Waals surface area contributed by atoms with Crippen LogP contribution in [-0.2, 0) is 0 Å². The zero-order valence-electron chi connectivity index (χ0n) is 15.9. The van der Waals surface area contributed by atoms with Crippen LogP contribution in [0, 0.1) is 11.3 Å². The first-order valence-corrected chi connectivity index (χ1v) is 9.49. The first-order valence-electron chi connectivity index (χ1n) is 9.49. The van der Waals surface area contributed by atoms with Gasteiger partial charge in [0.15, 0.2) is 0 Å². The van der Waals surface area contributed by atoms with Crippen molar-refractivity contribution in [3.63, 3.8) is 0 Å². The zero-order chi connectivity index (χ0) is 17.3. The number of aliphatic hydroxyl groups is 1. The maximum Gasteiger partial charge on any atom is 0.0656 e. The molecule has 1 saturated carbocycles. The third kappa shape index (κ3) is 7.08. The average Bonchev–Trinajstić information content (AvgIpc) is 2.54. The van der Waals surface area contributed by atoms with Gasteiger partial charge in [0, 0.05) is 5.41 Å². The van der Waals surface area contributed by atoms with Crippen LogP contribution in [0.3, 0.4) is 0 Å². The fraction of sp³-hybridized carbons (Fsp3) is 0.727.